The highest BCUT2D eigenvalue weighted by atomic mass is 16.8. The summed E-state index contributed by atoms with van der Waals surface area (Å²) in [7, 11) is 0. The van der Waals surface area contributed by atoms with Gasteiger partial charge in [0.15, 0.2) is 17.4 Å². The lowest BCUT2D eigenvalue weighted by Crippen LogP contribution is -2.70. The second-order valence-corrected chi connectivity index (χ2v) is 16.5. The summed E-state index contributed by atoms with van der Waals surface area (Å²) in [6, 6.07) is 0. The maximum Gasteiger partial charge on any atom is 0.164 e. The fourth-order valence-corrected chi connectivity index (χ4v) is 10.4. The van der Waals surface area contributed by atoms with Gasteiger partial charge in [0, 0.05) is 16.7 Å². The molecule has 5 fully saturated rings. The van der Waals surface area contributed by atoms with Crippen LogP contribution < -0.4 is 0 Å². The molecular weight excluding hydrogens is 524 g/mol. The minimum absolute atomic E-state index is 0.0316. The number of aliphatic hydroxyl groups is 3. The lowest BCUT2D eigenvalue weighted by molar-refractivity contribution is -0.214. The molecule has 0 spiro atoms. The summed E-state index contributed by atoms with van der Waals surface area (Å²) in [5.74, 6) is -2.03. The van der Waals surface area contributed by atoms with Crippen LogP contribution in [0.1, 0.15) is 114 Å². The largest absolute Gasteiger partial charge is 0.390 e. The van der Waals surface area contributed by atoms with Crippen LogP contribution in [0.15, 0.2) is 11.6 Å². The number of hydrogen-bond donors (Lipinski definition) is 3. The fourth-order valence-electron chi connectivity index (χ4n) is 10.4. The van der Waals surface area contributed by atoms with E-state index in [2.05, 4.69) is 13.8 Å². The molecule has 0 radical (unpaired) electrons. The predicted octanol–water partition coefficient (Wildman–Crippen LogP) is 4.57. The van der Waals surface area contributed by atoms with Crippen LogP contribution in [0.5, 0.6) is 0 Å². The zero-order valence-electron chi connectivity index (χ0n) is 26.5. The van der Waals surface area contributed by atoms with Crippen LogP contribution in [0.4, 0.5) is 0 Å². The molecule has 10 atom stereocenters. The molecule has 8 heteroatoms. The molecule has 0 amide bonds. The van der Waals surface area contributed by atoms with Crippen LogP contribution in [-0.4, -0.2) is 73.4 Å². The first-order valence-corrected chi connectivity index (χ1v) is 15.8. The highest BCUT2D eigenvalue weighted by Gasteiger charge is 2.75. The number of fused-ring (bicyclic) bond motifs is 6. The minimum atomic E-state index is -1.36. The van der Waals surface area contributed by atoms with Crippen molar-refractivity contribution >= 4 is 5.78 Å². The predicted molar refractivity (Wildman–Crippen MR) is 152 cm³/mol. The van der Waals surface area contributed by atoms with E-state index < -0.39 is 50.7 Å². The van der Waals surface area contributed by atoms with Gasteiger partial charge in [0.1, 0.15) is 0 Å². The van der Waals surface area contributed by atoms with Gasteiger partial charge in [0.05, 0.1) is 40.7 Å². The van der Waals surface area contributed by atoms with Crippen molar-refractivity contribution in [3.8, 4) is 0 Å². The van der Waals surface area contributed by atoms with Gasteiger partial charge >= 0.3 is 0 Å². The second-order valence-electron chi connectivity index (χ2n) is 16.5. The zero-order chi connectivity index (χ0) is 30.2. The Morgan fingerprint density at radius 1 is 0.878 bits per heavy atom. The summed E-state index contributed by atoms with van der Waals surface area (Å²) >= 11 is 0. The average Bonchev–Trinajstić information content (AvgIpc) is 3.37. The number of allylic oxidation sites excluding steroid dienone is 1. The minimum Gasteiger partial charge on any atom is -0.390 e. The highest BCUT2D eigenvalue weighted by molar-refractivity contribution is 5.95. The summed E-state index contributed by atoms with van der Waals surface area (Å²) < 4.78 is 25.6. The molecule has 2 saturated heterocycles. The van der Waals surface area contributed by atoms with Crippen molar-refractivity contribution in [2.75, 3.05) is 0 Å². The first-order chi connectivity index (χ1) is 18.6. The summed E-state index contributed by atoms with van der Waals surface area (Å²) in [5, 5.41) is 36.0. The van der Waals surface area contributed by atoms with E-state index in [0.29, 0.717) is 56.9 Å². The van der Waals surface area contributed by atoms with Crippen LogP contribution >= 0.6 is 0 Å². The first kappa shape index (κ1) is 30.2. The summed E-state index contributed by atoms with van der Waals surface area (Å²) in [5.41, 5.74) is -5.18. The molecular formula is C33H52O8. The standard InChI is InChI=1S/C33H52O8/c1-26(2,35)12-11-25-31(9,41-28(5,6)40-25)23-10-13-32(36)24-17-20(34)19-16-21-22(39-27(3,4)38-21)18-30(19,8)33(24,37)15-14-29(23,32)7/h17,19,21-23,25,35-37H,10-16,18H2,1-9H3/t19-,21+,22-,23-,25+,29+,30-,31+,32+,33+/m0/s1. The number of ether oxygens (including phenoxy) is 4. The van der Waals surface area contributed by atoms with Gasteiger partial charge in [-0.05, 0) is 117 Å². The summed E-state index contributed by atoms with van der Waals surface area (Å²) in [4.78, 5) is 13.9. The number of ketones is 1. The van der Waals surface area contributed by atoms with Gasteiger partial charge in [-0.3, -0.25) is 4.79 Å². The normalized spacial score (nSPS) is 52.0. The number of carbonyl (C=O) groups is 1. The Balaban J connectivity index is 1.36. The number of rotatable bonds is 4. The highest BCUT2D eigenvalue weighted by Crippen LogP contribution is 2.71. The van der Waals surface area contributed by atoms with E-state index in [0.717, 1.165) is 0 Å². The molecule has 6 aliphatic rings. The van der Waals surface area contributed by atoms with Crippen molar-refractivity contribution in [1.29, 1.82) is 0 Å². The molecule has 3 saturated carbocycles. The van der Waals surface area contributed by atoms with E-state index in [9.17, 15) is 20.1 Å². The molecule has 0 bridgehead atoms. The third kappa shape index (κ3) is 4.14. The molecule has 6 rings (SSSR count). The number of carbonyl (C=O) groups excluding carboxylic acids is 1. The topological polar surface area (TPSA) is 115 Å². The third-order valence-corrected chi connectivity index (χ3v) is 12.4. The van der Waals surface area contributed by atoms with E-state index in [-0.39, 0.29) is 30.0 Å². The Morgan fingerprint density at radius 2 is 1.51 bits per heavy atom. The van der Waals surface area contributed by atoms with Gasteiger partial charge < -0.3 is 34.3 Å². The van der Waals surface area contributed by atoms with Gasteiger partial charge in [0.25, 0.3) is 0 Å². The van der Waals surface area contributed by atoms with E-state index >= 15 is 0 Å². The molecule has 0 aromatic carbocycles. The van der Waals surface area contributed by atoms with Crippen molar-refractivity contribution in [2.45, 2.75) is 166 Å². The molecule has 0 aromatic heterocycles. The summed E-state index contributed by atoms with van der Waals surface area (Å²) in [6.07, 6.45) is 5.30. The maximum absolute atomic E-state index is 13.9. The third-order valence-electron chi connectivity index (χ3n) is 12.4. The van der Waals surface area contributed by atoms with Crippen molar-refractivity contribution < 1.29 is 39.1 Å². The monoisotopic (exact) mass is 576 g/mol. The Kier molecular flexibility index (Phi) is 6.36. The molecule has 0 unspecified atom stereocenters. The Bertz CT molecular complexity index is 1150. The van der Waals surface area contributed by atoms with Crippen LogP contribution in [-0.2, 0) is 23.7 Å². The van der Waals surface area contributed by atoms with Gasteiger partial charge in [-0.2, -0.15) is 0 Å². The molecule has 2 heterocycles. The number of hydrogen-bond acceptors (Lipinski definition) is 8. The van der Waals surface area contributed by atoms with Crippen LogP contribution in [0.25, 0.3) is 0 Å². The van der Waals surface area contributed by atoms with Crippen molar-refractivity contribution in [3.05, 3.63) is 11.6 Å². The van der Waals surface area contributed by atoms with E-state index in [1.807, 2.05) is 34.6 Å². The first-order valence-electron chi connectivity index (χ1n) is 15.8. The van der Waals surface area contributed by atoms with Crippen molar-refractivity contribution in [3.63, 3.8) is 0 Å². The van der Waals surface area contributed by atoms with Gasteiger partial charge in [-0.15, -0.1) is 0 Å². The second kappa shape index (κ2) is 8.64. The molecule has 232 valence electrons. The lowest BCUT2D eigenvalue weighted by atomic mass is 9.43. The van der Waals surface area contributed by atoms with Crippen LogP contribution in [0.3, 0.4) is 0 Å². The zero-order valence-corrected chi connectivity index (χ0v) is 26.5. The molecule has 41 heavy (non-hydrogen) atoms. The van der Waals surface area contributed by atoms with Gasteiger partial charge in [-0.25, -0.2) is 0 Å². The Labute approximate surface area is 245 Å². The van der Waals surface area contributed by atoms with Crippen LogP contribution in [0, 0.1) is 22.7 Å². The smallest absolute Gasteiger partial charge is 0.164 e. The van der Waals surface area contributed by atoms with Crippen LogP contribution in [0.2, 0.25) is 0 Å². The Morgan fingerprint density at radius 3 is 2.17 bits per heavy atom. The van der Waals surface area contributed by atoms with E-state index in [4.69, 9.17) is 18.9 Å². The molecule has 4 aliphatic carbocycles. The average molecular weight is 577 g/mol. The van der Waals surface area contributed by atoms with Crippen molar-refractivity contribution in [2.24, 2.45) is 22.7 Å². The fraction of sp³-hybridized carbons (Fsp3) is 0.909. The maximum atomic E-state index is 13.9. The van der Waals surface area contributed by atoms with E-state index in [1.54, 1.807) is 19.9 Å². The molecule has 2 aliphatic heterocycles. The molecule has 8 nitrogen and oxygen atoms in total. The SMILES string of the molecule is CC(C)(O)CC[C@H]1OC(C)(C)O[C@]1(C)[C@H]1CC[C@@]2(O)C3=CC(=O)[C@@H]4C[C@H]5OC(C)(C)O[C@H]5C[C@]4(C)[C@@]3(O)CC[C@]12C. The Hall–Kier alpha value is -0.870. The van der Waals surface area contributed by atoms with Gasteiger partial charge in [-0.1, -0.05) is 13.8 Å². The van der Waals surface area contributed by atoms with Gasteiger partial charge in [0.2, 0.25) is 0 Å². The van der Waals surface area contributed by atoms with Crippen molar-refractivity contribution in [1.82, 2.24) is 0 Å². The van der Waals surface area contributed by atoms with E-state index in [1.165, 1.54) is 0 Å². The summed E-state index contributed by atoms with van der Waals surface area (Å²) in [6.45, 7) is 17.5. The lowest BCUT2D eigenvalue weighted by Gasteiger charge is -2.64. The molecule has 3 N–H and O–H groups in total. The molecule has 0 aromatic rings. The quantitative estimate of drug-likeness (QED) is 0.446.